The Balaban J connectivity index is 1.53. The minimum atomic E-state index is -1.03. The third-order valence-corrected chi connectivity index (χ3v) is 5.97. The standard InChI is InChI=1S/C27H27NO4/c1-2-16-28(25(26(29)30)17-19-10-4-3-5-11-19)27(31)32-18-24-22-14-8-6-12-20(22)21-13-7-9-15-23(21)24/h3-15,24-25H,2,16-18H2,1H3,(H,29,30)/t25-/m0/s1. The Labute approximate surface area is 188 Å². The van der Waals surface area contributed by atoms with Gasteiger partial charge in [0.2, 0.25) is 0 Å². The van der Waals surface area contributed by atoms with Crippen LogP contribution in [0.4, 0.5) is 4.79 Å². The van der Waals surface area contributed by atoms with Crippen LogP contribution in [-0.4, -0.2) is 41.3 Å². The summed E-state index contributed by atoms with van der Waals surface area (Å²) in [5.74, 6) is -1.09. The molecular formula is C27H27NO4. The van der Waals surface area contributed by atoms with Crippen LogP contribution in [0.2, 0.25) is 0 Å². The van der Waals surface area contributed by atoms with E-state index in [1.807, 2.05) is 61.5 Å². The lowest BCUT2D eigenvalue weighted by Crippen LogP contribution is -2.47. The Morgan fingerprint density at radius 2 is 1.47 bits per heavy atom. The Kier molecular flexibility index (Phi) is 6.55. The number of aliphatic carboxylic acids is 1. The molecule has 1 amide bonds. The van der Waals surface area contributed by atoms with Crippen LogP contribution < -0.4 is 0 Å². The van der Waals surface area contributed by atoms with Gasteiger partial charge in [0.05, 0.1) is 0 Å². The molecule has 3 aromatic carbocycles. The number of carboxylic acids is 1. The van der Waals surface area contributed by atoms with E-state index in [0.717, 1.165) is 27.8 Å². The molecule has 1 aliphatic carbocycles. The van der Waals surface area contributed by atoms with Crippen molar-refractivity contribution in [3.05, 3.63) is 95.6 Å². The Hall–Kier alpha value is -3.60. The van der Waals surface area contributed by atoms with E-state index in [-0.39, 0.29) is 18.9 Å². The minimum absolute atomic E-state index is 0.0628. The highest BCUT2D eigenvalue weighted by molar-refractivity contribution is 5.81. The molecule has 0 unspecified atom stereocenters. The molecule has 32 heavy (non-hydrogen) atoms. The van der Waals surface area contributed by atoms with Crippen molar-refractivity contribution in [2.45, 2.75) is 31.7 Å². The van der Waals surface area contributed by atoms with Crippen LogP contribution in [0.15, 0.2) is 78.9 Å². The van der Waals surface area contributed by atoms with Gasteiger partial charge in [-0.05, 0) is 34.2 Å². The lowest BCUT2D eigenvalue weighted by molar-refractivity contribution is -0.142. The van der Waals surface area contributed by atoms with E-state index in [9.17, 15) is 14.7 Å². The normalized spacial score (nSPS) is 13.2. The molecule has 0 saturated heterocycles. The molecular weight excluding hydrogens is 402 g/mol. The monoisotopic (exact) mass is 429 g/mol. The summed E-state index contributed by atoms with van der Waals surface area (Å²) in [5, 5.41) is 9.87. The number of amides is 1. The van der Waals surface area contributed by atoms with Crippen LogP contribution in [0.1, 0.15) is 36.0 Å². The molecule has 0 spiro atoms. The highest BCUT2D eigenvalue weighted by atomic mass is 16.6. The van der Waals surface area contributed by atoms with Crippen molar-refractivity contribution in [1.29, 1.82) is 0 Å². The van der Waals surface area contributed by atoms with Gasteiger partial charge in [0, 0.05) is 18.9 Å². The number of carboxylic acid groups (broad SMARTS) is 1. The number of fused-ring (bicyclic) bond motifs is 3. The van der Waals surface area contributed by atoms with Crippen molar-refractivity contribution < 1.29 is 19.4 Å². The first-order chi connectivity index (χ1) is 15.6. The number of hydrogen-bond acceptors (Lipinski definition) is 3. The molecule has 0 radical (unpaired) electrons. The molecule has 5 heteroatoms. The van der Waals surface area contributed by atoms with Gasteiger partial charge in [-0.15, -0.1) is 0 Å². The third-order valence-electron chi connectivity index (χ3n) is 5.97. The zero-order valence-electron chi connectivity index (χ0n) is 18.1. The summed E-state index contributed by atoms with van der Waals surface area (Å²) in [4.78, 5) is 26.5. The number of hydrogen-bond donors (Lipinski definition) is 1. The molecule has 0 aromatic heterocycles. The first kappa shape index (κ1) is 21.6. The summed E-state index contributed by atoms with van der Waals surface area (Å²) in [6, 6.07) is 24.7. The van der Waals surface area contributed by atoms with Crippen LogP contribution in [0.5, 0.6) is 0 Å². The second kappa shape index (κ2) is 9.69. The first-order valence-electron chi connectivity index (χ1n) is 11.0. The molecule has 1 N–H and O–H groups in total. The molecule has 0 bridgehead atoms. The molecule has 0 heterocycles. The lowest BCUT2D eigenvalue weighted by atomic mass is 9.98. The lowest BCUT2D eigenvalue weighted by Gasteiger charge is -2.28. The molecule has 0 aliphatic heterocycles. The third kappa shape index (κ3) is 4.37. The molecule has 1 atom stereocenters. The molecule has 5 nitrogen and oxygen atoms in total. The average molecular weight is 430 g/mol. The Bertz CT molecular complexity index is 1050. The summed E-state index contributed by atoms with van der Waals surface area (Å²) in [7, 11) is 0. The van der Waals surface area contributed by atoms with Crippen molar-refractivity contribution in [2.75, 3.05) is 13.2 Å². The largest absolute Gasteiger partial charge is 0.480 e. The highest BCUT2D eigenvalue weighted by Gasteiger charge is 2.33. The fraction of sp³-hybridized carbons (Fsp3) is 0.259. The summed E-state index contributed by atoms with van der Waals surface area (Å²) in [6.45, 7) is 2.41. The van der Waals surface area contributed by atoms with E-state index in [1.165, 1.54) is 4.90 Å². The number of carbonyl (C=O) groups is 2. The van der Waals surface area contributed by atoms with Gasteiger partial charge in [0.15, 0.2) is 0 Å². The predicted octanol–water partition coefficient (Wildman–Crippen LogP) is 5.34. The summed E-state index contributed by atoms with van der Waals surface area (Å²) < 4.78 is 5.75. The van der Waals surface area contributed by atoms with E-state index in [4.69, 9.17) is 4.74 Å². The maximum atomic E-state index is 13.1. The van der Waals surface area contributed by atoms with E-state index in [2.05, 4.69) is 24.3 Å². The van der Waals surface area contributed by atoms with Gasteiger partial charge in [-0.25, -0.2) is 9.59 Å². The number of benzene rings is 3. The van der Waals surface area contributed by atoms with Crippen LogP contribution in [0.25, 0.3) is 11.1 Å². The molecule has 1 aliphatic rings. The quantitative estimate of drug-likeness (QED) is 0.525. The van der Waals surface area contributed by atoms with Crippen molar-refractivity contribution in [3.63, 3.8) is 0 Å². The zero-order valence-corrected chi connectivity index (χ0v) is 18.1. The Morgan fingerprint density at radius 3 is 2.03 bits per heavy atom. The van der Waals surface area contributed by atoms with Crippen LogP contribution in [0.3, 0.4) is 0 Å². The average Bonchev–Trinajstić information content (AvgIpc) is 3.14. The van der Waals surface area contributed by atoms with Crippen molar-refractivity contribution >= 4 is 12.1 Å². The SMILES string of the molecule is CCCN(C(=O)OCC1c2ccccc2-c2ccccc21)[C@@H](Cc1ccccc1)C(=O)O. The van der Waals surface area contributed by atoms with Crippen LogP contribution >= 0.6 is 0 Å². The maximum absolute atomic E-state index is 13.1. The second-order valence-corrected chi connectivity index (χ2v) is 8.04. The van der Waals surface area contributed by atoms with Gasteiger partial charge < -0.3 is 9.84 Å². The predicted molar refractivity (Wildman–Crippen MR) is 124 cm³/mol. The van der Waals surface area contributed by atoms with Crippen LogP contribution in [0, 0.1) is 0 Å². The number of rotatable bonds is 8. The van der Waals surface area contributed by atoms with Crippen LogP contribution in [-0.2, 0) is 16.0 Å². The van der Waals surface area contributed by atoms with Crippen molar-refractivity contribution in [3.8, 4) is 11.1 Å². The number of ether oxygens (including phenoxy) is 1. The number of carbonyl (C=O) groups excluding carboxylic acids is 1. The fourth-order valence-electron chi connectivity index (χ4n) is 4.46. The van der Waals surface area contributed by atoms with Gasteiger partial charge >= 0.3 is 12.1 Å². The highest BCUT2D eigenvalue weighted by Crippen LogP contribution is 2.44. The summed E-state index contributed by atoms with van der Waals surface area (Å²) in [5.41, 5.74) is 5.43. The van der Waals surface area contributed by atoms with Crippen molar-refractivity contribution in [2.24, 2.45) is 0 Å². The topological polar surface area (TPSA) is 66.8 Å². The van der Waals surface area contributed by atoms with E-state index >= 15 is 0 Å². The zero-order chi connectivity index (χ0) is 22.5. The smallest absolute Gasteiger partial charge is 0.410 e. The summed E-state index contributed by atoms with van der Waals surface area (Å²) >= 11 is 0. The summed E-state index contributed by atoms with van der Waals surface area (Å²) in [6.07, 6.45) is 0.292. The minimum Gasteiger partial charge on any atom is -0.480 e. The van der Waals surface area contributed by atoms with Gasteiger partial charge in [-0.3, -0.25) is 4.90 Å². The Morgan fingerprint density at radius 1 is 0.906 bits per heavy atom. The first-order valence-corrected chi connectivity index (χ1v) is 11.0. The molecule has 3 aromatic rings. The molecule has 0 saturated carbocycles. The second-order valence-electron chi connectivity index (χ2n) is 8.04. The maximum Gasteiger partial charge on any atom is 0.410 e. The fourth-order valence-corrected chi connectivity index (χ4v) is 4.46. The van der Waals surface area contributed by atoms with Gasteiger partial charge in [0.1, 0.15) is 12.6 Å². The molecule has 4 rings (SSSR count). The molecule has 164 valence electrons. The van der Waals surface area contributed by atoms with Gasteiger partial charge in [-0.1, -0.05) is 85.8 Å². The van der Waals surface area contributed by atoms with E-state index < -0.39 is 18.1 Å². The van der Waals surface area contributed by atoms with Gasteiger partial charge in [-0.2, -0.15) is 0 Å². The number of nitrogens with zero attached hydrogens (tertiary/aromatic N) is 1. The molecule has 0 fully saturated rings. The van der Waals surface area contributed by atoms with Crippen molar-refractivity contribution in [1.82, 2.24) is 4.90 Å². The van der Waals surface area contributed by atoms with Gasteiger partial charge in [0.25, 0.3) is 0 Å². The van der Waals surface area contributed by atoms with E-state index in [1.54, 1.807) is 0 Å². The van der Waals surface area contributed by atoms with E-state index in [0.29, 0.717) is 13.0 Å².